The molecule has 34 heavy (non-hydrogen) atoms. The van der Waals surface area contributed by atoms with E-state index in [-0.39, 0.29) is 38.9 Å². The van der Waals surface area contributed by atoms with Crippen molar-refractivity contribution >= 4 is 5.97 Å². The highest BCUT2D eigenvalue weighted by Gasteiger charge is 2.70. The van der Waals surface area contributed by atoms with Crippen LogP contribution in [0.3, 0.4) is 0 Å². The summed E-state index contributed by atoms with van der Waals surface area (Å²) in [5.74, 6) is 0.218. The molecular formula is C30H48O4. The Morgan fingerprint density at radius 3 is 2.03 bits per heavy atom. The summed E-state index contributed by atoms with van der Waals surface area (Å²) in [4.78, 5) is 12.8. The Kier molecular flexibility index (Phi) is 5.20. The Hall–Kier alpha value is -0.870. The summed E-state index contributed by atoms with van der Waals surface area (Å²) in [6.45, 7) is 16.2. The van der Waals surface area contributed by atoms with Crippen molar-refractivity contribution in [2.24, 2.45) is 50.2 Å². The van der Waals surface area contributed by atoms with E-state index in [1.165, 1.54) is 5.57 Å². The van der Waals surface area contributed by atoms with Crippen LogP contribution >= 0.6 is 0 Å². The number of carboxylic acids is 1. The molecule has 4 heteroatoms. The number of aliphatic carboxylic acids is 1. The van der Waals surface area contributed by atoms with Crippen molar-refractivity contribution in [3.05, 3.63) is 11.6 Å². The van der Waals surface area contributed by atoms with Crippen LogP contribution in [0.4, 0.5) is 0 Å². The largest absolute Gasteiger partial charge is 0.481 e. The molecule has 4 fully saturated rings. The Morgan fingerprint density at radius 2 is 1.41 bits per heavy atom. The number of allylic oxidation sites excluding steroid dienone is 2. The SMILES string of the molecule is CC1(C)CC[C@]2(C(=O)O)CC=C3[C@]4(C)CCC5C(C)(C)[C@@H](O)C[C@@H](O)[C@]5(C)[C@H]4CC[C@@]3(C)C2C1. The molecule has 3 N–H and O–H groups in total. The van der Waals surface area contributed by atoms with Gasteiger partial charge in [0.05, 0.1) is 17.6 Å². The molecular weight excluding hydrogens is 424 g/mol. The number of hydrogen-bond acceptors (Lipinski definition) is 3. The zero-order valence-electron chi connectivity index (χ0n) is 22.6. The van der Waals surface area contributed by atoms with Crippen LogP contribution in [0.15, 0.2) is 11.6 Å². The zero-order valence-corrected chi connectivity index (χ0v) is 22.6. The van der Waals surface area contributed by atoms with Crippen molar-refractivity contribution in [2.75, 3.05) is 0 Å². The van der Waals surface area contributed by atoms with Gasteiger partial charge in [0.2, 0.25) is 0 Å². The number of aliphatic hydroxyl groups is 2. The molecule has 4 nitrogen and oxygen atoms in total. The lowest BCUT2D eigenvalue weighted by molar-refractivity contribution is -0.230. The van der Waals surface area contributed by atoms with Crippen LogP contribution in [0.25, 0.3) is 0 Å². The standard InChI is InChI=1S/C30H48O4/c1-25(2)14-15-30(24(33)34)13-10-19-27(5)11-8-18-26(3,4)22(31)16-23(32)29(18,7)20(27)9-12-28(19,6)21(30)17-25/h10,18,20-23,31-32H,8-9,11-17H2,1-7H3,(H,33,34)/t18?,20-,21?,22-,23+,27-,28+,29-,30+/m0/s1. The molecule has 0 aromatic heterocycles. The smallest absolute Gasteiger partial charge is 0.310 e. The predicted molar refractivity (Wildman–Crippen MR) is 134 cm³/mol. The van der Waals surface area contributed by atoms with Gasteiger partial charge in [-0.25, -0.2) is 0 Å². The van der Waals surface area contributed by atoms with Gasteiger partial charge in [0.1, 0.15) is 0 Å². The molecule has 0 amide bonds. The van der Waals surface area contributed by atoms with Crippen LogP contribution in [0.1, 0.15) is 106 Å². The van der Waals surface area contributed by atoms with Gasteiger partial charge < -0.3 is 15.3 Å². The van der Waals surface area contributed by atoms with Crippen molar-refractivity contribution < 1.29 is 20.1 Å². The van der Waals surface area contributed by atoms with Crippen molar-refractivity contribution in [1.82, 2.24) is 0 Å². The summed E-state index contributed by atoms with van der Waals surface area (Å²) in [5, 5.41) is 32.9. The van der Waals surface area contributed by atoms with E-state index in [1.807, 2.05) is 0 Å². The Morgan fingerprint density at radius 1 is 0.824 bits per heavy atom. The van der Waals surface area contributed by atoms with E-state index < -0.39 is 23.6 Å². The fourth-order valence-electron chi connectivity index (χ4n) is 10.8. The maximum atomic E-state index is 12.8. The van der Waals surface area contributed by atoms with Gasteiger partial charge in [-0.3, -0.25) is 4.79 Å². The van der Waals surface area contributed by atoms with Gasteiger partial charge >= 0.3 is 5.97 Å². The van der Waals surface area contributed by atoms with Crippen molar-refractivity contribution in [2.45, 2.75) is 118 Å². The minimum absolute atomic E-state index is 0.0240. The highest BCUT2D eigenvalue weighted by atomic mass is 16.4. The van der Waals surface area contributed by atoms with E-state index in [1.54, 1.807) is 0 Å². The fraction of sp³-hybridized carbons (Fsp3) is 0.900. The van der Waals surface area contributed by atoms with E-state index in [0.29, 0.717) is 18.8 Å². The average molecular weight is 473 g/mol. The fourth-order valence-corrected chi connectivity index (χ4v) is 10.8. The van der Waals surface area contributed by atoms with Crippen LogP contribution in [0.5, 0.6) is 0 Å². The number of carbonyl (C=O) groups is 1. The van der Waals surface area contributed by atoms with Gasteiger partial charge in [0.15, 0.2) is 0 Å². The Balaban J connectivity index is 1.61. The molecule has 0 radical (unpaired) electrons. The molecule has 0 aromatic rings. The molecule has 0 aliphatic heterocycles. The quantitative estimate of drug-likeness (QED) is 0.397. The predicted octanol–water partition coefficient (Wildman–Crippen LogP) is 6.20. The summed E-state index contributed by atoms with van der Waals surface area (Å²) in [6.07, 6.45) is 9.40. The summed E-state index contributed by atoms with van der Waals surface area (Å²) >= 11 is 0. The van der Waals surface area contributed by atoms with Crippen molar-refractivity contribution in [3.63, 3.8) is 0 Å². The third kappa shape index (κ3) is 2.88. The molecule has 0 saturated heterocycles. The van der Waals surface area contributed by atoms with Gasteiger partial charge in [0.25, 0.3) is 0 Å². The number of fused-ring (bicyclic) bond motifs is 7. The summed E-state index contributed by atoms with van der Waals surface area (Å²) in [6, 6.07) is 0. The molecule has 5 aliphatic carbocycles. The van der Waals surface area contributed by atoms with Crippen LogP contribution in [-0.2, 0) is 4.79 Å². The third-order valence-corrected chi connectivity index (χ3v) is 12.9. The first-order valence-electron chi connectivity index (χ1n) is 13.9. The summed E-state index contributed by atoms with van der Waals surface area (Å²) in [5.41, 5.74) is 0.492. The van der Waals surface area contributed by atoms with E-state index in [0.717, 1.165) is 44.9 Å². The van der Waals surface area contributed by atoms with Crippen molar-refractivity contribution in [1.29, 1.82) is 0 Å². The lowest BCUT2D eigenvalue weighted by atomic mass is 9.34. The first-order chi connectivity index (χ1) is 15.6. The van der Waals surface area contributed by atoms with E-state index in [4.69, 9.17) is 0 Å². The molecule has 192 valence electrons. The molecule has 0 aromatic carbocycles. The number of rotatable bonds is 1. The maximum Gasteiger partial charge on any atom is 0.310 e. The lowest BCUT2D eigenvalue weighted by Crippen LogP contribution is -2.67. The Bertz CT molecular complexity index is 919. The molecule has 5 aliphatic rings. The highest BCUT2D eigenvalue weighted by molar-refractivity contribution is 5.76. The number of hydrogen-bond donors (Lipinski definition) is 3. The second-order valence-corrected chi connectivity index (χ2v) is 15.2. The summed E-state index contributed by atoms with van der Waals surface area (Å²) < 4.78 is 0. The maximum absolute atomic E-state index is 12.8. The Labute approximate surface area is 206 Å². The van der Waals surface area contributed by atoms with Crippen molar-refractivity contribution in [3.8, 4) is 0 Å². The third-order valence-electron chi connectivity index (χ3n) is 12.9. The molecule has 0 spiro atoms. The van der Waals surface area contributed by atoms with Gasteiger partial charge in [-0.15, -0.1) is 0 Å². The first kappa shape index (κ1) is 24.8. The van der Waals surface area contributed by atoms with Crippen LogP contribution in [-0.4, -0.2) is 33.5 Å². The second-order valence-electron chi connectivity index (χ2n) is 15.2. The first-order valence-corrected chi connectivity index (χ1v) is 13.9. The molecule has 2 unspecified atom stereocenters. The molecule has 4 saturated carbocycles. The van der Waals surface area contributed by atoms with E-state index in [2.05, 4.69) is 54.5 Å². The average Bonchev–Trinajstić information content (AvgIpc) is 2.72. The van der Waals surface area contributed by atoms with Gasteiger partial charge in [-0.05, 0) is 90.8 Å². The highest BCUT2D eigenvalue weighted by Crippen LogP contribution is 2.75. The van der Waals surface area contributed by atoms with E-state index >= 15 is 0 Å². The monoisotopic (exact) mass is 472 g/mol. The van der Waals surface area contributed by atoms with E-state index in [9.17, 15) is 20.1 Å². The topological polar surface area (TPSA) is 77.8 Å². The number of carboxylic acid groups (broad SMARTS) is 1. The normalized spacial score (nSPS) is 53.4. The number of aliphatic hydroxyl groups excluding tert-OH is 2. The van der Waals surface area contributed by atoms with Crippen LogP contribution in [0.2, 0.25) is 0 Å². The van der Waals surface area contributed by atoms with Crippen LogP contribution in [0, 0.1) is 50.2 Å². The zero-order chi connectivity index (χ0) is 25.1. The minimum atomic E-state index is -0.630. The second kappa shape index (κ2) is 7.12. The molecule has 0 heterocycles. The summed E-state index contributed by atoms with van der Waals surface area (Å²) in [7, 11) is 0. The van der Waals surface area contributed by atoms with Gasteiger partial charge in [-0.2, -0.15) is 0 Å². The van der Waals surface area contributed by atoms with Gasteiger partial charge in [0, 0.05) is 11.8 Å². The minimum Gasteiger partial charge on any atom is -0.481 e. The van der Waals surface area contributed by atoms with Gasteiger partial charge in [-0.1, -0.05) is 60.1 Å². The molecule has 0 bridgehead atoms. The molecule has 5 rings (SSSR count). The molecule has 9 atom stereocenters. The van der Waals surface area contributed by atoms with Crippen LogP contribution < -0.4 is 0 Å². The lowest BCUT2D eigenvalue weighted by Gasteiger charge is -2.70.